The van der Waals surface area contributed by atoms with Gasteiger partial charge in [0.25, 0.3) is 5.91 Å². The molecule has 5 rings (SSSR count). The molecule has 0 atom stereocenters. The van der Waals surface area contributed by atoms with Gasteiger partial charge in [-0.05, 0) is 60.5 Å². The summed E-state index contributed by atoms with van der Waals surface area (Å²) >= 11 is 0. The lowest BCUT2D eigenvalue weighted by Crippen LogP contribution is -2.17. The number of benzene rings is 2. The van der Waals surface area contributed by atoms with E-state index in [-0.39, 0.29) is 5.69 Å². The Morgan fingerprint density at radius 3 is 2.72 bits per heavy atom. The lowest BCUT2D eigenvalue weighted by molar-refractivity contribution is -0.274. The zero-order valence-corrected chi connectivity index (χ0v) is 18.9. The third-order valence-electron chi connectivity index (χ3n) is 5.49. The molecule has 3 heterocycles. The van der Waals surface area contributed by atoms with Crippen LogP contribution in [0.5, 0.6) is 5.75 Å². The summed E-state index contributed by atoms with van der Waals surface area (Å²) in [6.07, 6.45) is -1.11. The van der Waals surface area contributed by atoms with Gasteiger partial charge in [-0.3, -0.25) is 4.79 Å². The molecule has 0 aliphatic heterocycles. The Hall–Kier alpha value is -4.60. The number of carbonyl (C=O) groups is 1. The lowest BCUT2D eigenvalue weighted by atomic mass is 10.0. The van der Waals surface area contributed by atoms with Crippen LogP contribution < -0.4 is 10.1 Å². The van der Waals surface area contributed by atoms with Crippen LogP contribution in [0.15, 0.2) is 77.5 Å². The Balaban J connectivity index is 1.40. The lowest BCUT2D eigenvalue weighted by Gasteiger charge is -2.12. The van der Waals surface area contributed by atoms with Gasteiger partial charge in [-0.2, -0.15) is 0 Å². The Bertz CT molecular complexity index is 1540. The summed E-state index contributed by atoms with van der Waals surface area (Å²) in [6.45, 7) is 1.91. The van der Waals surface area contributed by atoms with Gasteiger partial charge in [0.05, 0.1) is 17.3 Å². The van der Waals surface area contributed by atoms with Crippen molar-refractivity contribution in [3.8, 4) is 17.2 Å². The van der Waals surface area contributed by atoms with Crippen LogP contribution in [0.25, 0.3) is 22.5 Å². The summed E-state index contributed by atoms with van der Waals surface area (Å²) in [7, 11) is 0. The van der Waals surface area contributed by atoms with Crippen molar-refractivity contribution in [1.82, 2.24) is 15.0 Å². The second kappa shape index (κ2) is 9.21. The van der Waals surface area contributed by atoms with E-state index in [4.69, 9.17) is 9.40 Å². The Labute approximate surface area is 203 Å². The number of rotatable bonds is 6. The van der Waals surface area contributed by atoms with Gasteiger partial charge in [0.15, 0.2) is 5.76 Å². The summed E-state index contributed by atoms with van der Waals surface area (Å²) < 4.78 is 47.0. The first-order valence-electron chi connectivity index (χ1n) is 10.9. The molecule has 10 heteroatoms. The molecule has 7 nitrogen and oxygen atoms in total. The monoisotopic (exact) mass is 492 g/mol. The summed E-state index contributed by atoms with van der Waals surface area (Å²) in [5, 5.41) is 2.61. The van der Waals surface area contributed by atoms with Crippen molar-refractivity contribution >= 4 is 22.6 Å². The second-order valence-electron chi connectivity index (χ2n) is 8.05. The molecule has 1 amide bonds. The van der Waals surface area contributed by atoms with E-state index >= 15 is 0 Å². The highest BCUT2D eigenvalue weighted by molar-refractivity contribution is 6.04. The number of aryl methyl sites for hydroxylation is 1. The Morgan fingerprint density at radius 1 is 1.08 bits per heavy atom. The third-order valence-corrected chi connectivity index (χ3v) is 5.49. The fourth-order valence-electron chi connectivity index (χ4n) is 3.81. The number of ether oxygens (including phenoxy) is 1. The van der Waals surface area contributed by atoms with E-state index < -0.39 is 18.0 Å². The molecule has 3 aromatic heterocycles. The molecular weight excluding hydrogens is 473 g/mol. The number of carbonyl (C=O) groups excluding carboxylic acids is 1. The molecule has 0 aliphatic carbocycles. The minimum atomic E-state index is -4.82. The van der Waals surface area contributed by atoms with E-state index in [9.17, 15) is 18.0 Å². The van der Waals surface area contributed by atoms with Crippen LogP contribution in [0.4, 0.5) is 18.9 Å². The van der Waals surface area contributed by atoms with Gasteiger partial charge >= 0.3 is 6.36 Å². The Kier molecular flexibility index (Phi) is 5.93. The average Bonchev–Trinajstić information content (AvgIpc) is 3.51. The zero-order valence-electron chi connectivity index (χ0n) is 18.9. The van der Waals surface area contributed by atoms with Crippen molar-refractivity contribution in [2.45, 2.75) is 19.7 Å². The number of nitrogens with zero attached hydrogens (tertiary/aromatic N) is 2. The zero-order chi connectivity index (χ0) is 25.3. The second-order valence-corrected chi connectivity index (χ2v) is 8.05. The predicted molar refractivity (Wildman–Crippen MR) is 127 cm³/mol. The van der Waals surface area contributed by atoms with E-state index in [2.05, 4.69) is 20.0 Å². The maximum Gasteiger partial charge on any atom is 0.573 e. The van der Waals surface area contributed by atoms with Crippen molar-refractivity contribution < 1.29 is 27.1 Å². The number of alkyl halides is 3. The number of hydrogen-bond acceptors (Lipinski definition) is 5. The molecule has 0 saturated carbocycles. The number of nitrogens with one attached hydrogen (secondary N) is 2. The normalized spacial score (nSPS) is 11.6. The number of halogens is 3. The van der Waals surface area contributed by atoms with Gasteiger partial charge in [-0.1, -0.05) is 12.1 Å². The number of aromatic amines is 1. The van der Waals surface area contributed by atoms with Crippen molar-refractivity contribution in [1.29, 1.82) is 0 Å². The summed E-state index contributed by atoms with van der Waals surface area (Å²) in [6, 6.07) is 15.7. The highest BCUT2D eigenvalue weighted by atomic mass is 19.4. The van der Waals surface area contributed by atoms with E-state index in [1.54, 1.807) is 36.7 Å². The number of fused-ring (bicyclic) bond motifs is 1. The largest absolute Gasteiger partial charge is 0.573 e. The summed E-state index contributed by atoms with van der Waals surface area (Å²) in [5.74, 6) is 0.257. The van der Waals surface area contributed by atoms with Crippen LogP contribution in [-0.2, 0) is 6.42 Å². The highest BCUT2D eigenvalue weighted by Gasteiger charge is 2.31. The van der Waals surface area contributed by atoms with Crippen LogP contribution in [-0.4, -0.2) is 27.2 Å². The quantitative estimate of drug-likeness (QED) is 0.292. The van der Waals surface area contributed by atoms with Crippen LogP contribution in [0.1, 0.15) is 27.3 Å². The Morgan fingerprint density at radius 2 is 1.94 bits per heavy atom. The summed E-state index contributed by atoms with van der Waals surface area (Å²) in [4.78, 5) is 25.3. The molecule has 0 fully saturated rings. The minimum Gasteiger partial charge on any atom is -0.463 e. The van der Waals surface area contributed by atoms with Crippen molar-refractivity contribution in [3.63, 3.8) is 0 Å². The molecule has 0 spiro atoms. The SMILES string of the molecule is Cc1ccc(C(=O)Nc2cccc(OC(F)(F)F)c2)cc1Cc1nc(-c2ccco2)c2[nH]ccc2n1. The van der Waals surface area contributed by atoms with Crippen LogP contribution in [0.2, 0.25) is 0 Å². The molecule has 0 saturated heterocycles. The third kappa shape index (κ3) is 5.07. The molecule has 2 N–H and O–H groups in total. The molecule has 0 radical (unpaired) electrons. The topological polar surface area (TPSA) is 93.0 Å². The molecule has 182 valence electrons. The van der Waals surface area contributed by atoms with Crippen LogP contribution in [0, 0.1) is 6.92 Å². The molecule has 5 aromatic rings. The number of H-pyrrole nitrogens is 1. The standard InChI is InChI=1S/C26H19F3N4O3/c1-15-7-8-16(25(34)31-18-4-2-5-19(14-18)36-26(27,28)29)12-17(15)13-22-32-20-9-10-30-23(20)24(33-22)21-6-3-11-35-21/h2-12,14,30H,13H2,1H3,(H,31,34). The summed E-state index contributed by atoms with van der Waals surface area (Å²) in [5.41, 5.74) is 4.41. The van der Waals surface area contributed by atoms with E-state index in [0.717, 1.165) is 34.3 Å². The molecule has 0 aliphatic rings. The highest BCUT2D eigenvalue weighted by Crippen LogP contribution is 2.27. The number of furan rings is 1. The number of aromatic nitrogens is 3. The molecule has 0 unspecified atom stereocenters. The minimum absolute atomic E-state index is 0.174. The van der Waals surface area contributed by atoms with Gasteiger partial charge in [0.1, 0.15) is 17.3 Å². The van der Waals surface area contributed by atoms with Gasteiger partial charge in [-0.15, -0.1) is 13.2 Å². The molecule has 36 heavy (non-hydrogen) atoms. The van der Waals surface area contributed by atoms with Gasteiger partial charge in [-0.25, -0.2) is 9.97 Å². The molecule has 0 bridgehead atoms. The average molecular weight is 492 g/mol. The fraction of sp³-hybridized carbons (Fsp3) is 0.115. The predicted octanol–water partition coefficient (Wildman–Crippen LogP) is 6.27. The smallest absolute Gasteiger partial charge is 0.463 e. The van der Waals surface area contributed by atoms with Crippen LogP contribution >= 0.6 is 0 Å². The van der Waals surface area contributed by atoms with Gasteiger partial charge in [0.2, 0.25) is 0 Å². The number of anilines is 1. The number of hydrogen-bond donors (Lipinski definition) is 2. The van der Waals surface area contributed by atoms with E-state index in [0.29, 0.717) is 29.3 Å². The van der Waals surface area contributed by atoms with Gasteiger partial charge in [0, 0.05) is 29.9 Å². The van der Waals surface area contributed by atoms with Gasteiger partial charge < -0.3 is 19.5 Å². The maximum atomic E-state index is 12.9. The first-order valence-corrected chi connectivity index (χ1v) is 10.9. The van der Waals surface area contributed by atoms with Crippen molar-refractivity contribution in [2.24, 2.45) is 0 Å². The first-order chi connectivity index (χ1) is 17.2. The van der Waals surface area contributed by atoms with Crippen molar-refractivity contribution in [3.05, 3.63) is 95.6 Å². The molecular formula is C26H19F3N4O3. The van der Waals surface area contributed by atoms with Crippen LogP contribution in [0.3, 0.4) is 0 Å². The number of amides is 1. The fourth-order valence-corrected chi connectivity index (χ4v) is 3.81. The first kappa shape index (κ1) is 23.2. The molecule has 2 aromatic carbocycles. The van der Waals surface area contributed by atoms with Crippen molar-refractivity contribution in [2.75, 3.05) is 5.32 Å². The maximum absolute atomic E-state index is 12.9. The van der Waals surface area contributed by atoms with E-state index in [1.165, 1.54) is 12.1 Å². The van der Waals surface area contributed by atoms with E-state index in [1.807, 2.05) is 19.1 Å².